The molecule has 2 unspecified atom stereocenters. The summed E-state index contributed by atoms with van der Waals surface area (Å²) in [4.78, 5) is 14.5. The van der Waals surface area contributed by atoms with E-state index in [1.54, 1.807) is 24.3 Å². The lowest BCUT2D eigenvalue weighted by Gasteiger charge is -2.35. The van der Waals surface area contributed by atoms with E-state index in [2.05, 4.69) is 17.1 Å². The van der Waals surface area contributed by atoms with Gasteiger partial charge >= 0.3 is 0 Å². The highest BCUT2D eigenvalue weighted by Crippen LogP contribution is 2.10. The molecule has 1 fully saturated rings. The second-order valence-corrected chi connectivity index (χ2v) is 5.28. The van der Waals surface area contributed by atoms with Gasteiger partial charge in [-0.25, -0.2) is 0 Å². The van der Waals surface area contributed by atoms with Gasteiger partial charge in [0.15, 0.2) is 0 Å². The van der Waals surface area contributed by atoms with Crippen molar-refractivity contribution in [1.82, 2.24) is 10.2 Å². The molecular weight excluding hydrogens is 254 g/mol. The molecule has 3 N–H and O–H groups in total. The van der Waals surface area contributed by atoms with Crippen molar-refractivity contribution in [2.45, 2.75) is 25.9 Å². The van der Waals surface area contributed by atoms with E-state index in [-0.39, 0.29) is 18.0 Å². The van der Waals surface area contributed by atoms with Crippen molar-refractivity contribution in [3.8, 4) is 0 Å². The van der Waals surface area contributed by atoms with E-state index >= 15 is 0 Å². The molecule has 1 aromatic rings. The Labute approximate surface area is 120 Å². The first-order chi connectivity index (χ1) is 9.58. The highest BCUT2D eigenvalue weighted by Gasteiger charge is 2.23. The highest BCUT2D eigenvalue weighted by molar-refractivity contribution is 5.95. The minimum atomic E-state index is -0.0788. The summed E-state index contributed by atoms with van der Waals surface area (Å²) in [6, 6.07) is 7.39. The number of nitrogens with zero attached hydrogens (tertiary/aromatic N) is 1. The van der Waals surface area contributed by atoms with Gasteiger partial charge in [-0.15, -0.1) is 0 Å². The number of hydrogen-bond acceptors (Lipinski definition) is 4. The number of carbonyl (C=O) groups is 1. The fourth-order valence-corrected chi connectivity index (χ4v) is 2.39. The molecule has 5 nitrogen and oxygen atoms in total. The third-order valence-corrected chi connectivity index (χ3v) is 3.85. The Balaban J connectivity index is 1.92. The number of anilines is 1. The molecule has 0 saturated carbocycles. The summed E-state index contributed by atoms with van der Waals surface area (Å²) in [7, 11) is 0. The number of carbonyl (C=O) groups excluding carboxylic acids is 1. The monoisotopic (exact) mass is 277 g/mol. The van der Waals surface area contributed by atoms with Gasteiger partial charge in [0, 0.05) is 36.4 Å². The molecule has 2 rings (SSSR count). The zero-order valence-corrected chi connectivity index (χ0v) is 12.1. The lowest BCUT2D eigenvalue weighted by Crippen LogP contribution is -2.52. The van der Waals surface area contributed by atoms with Crippen LogP contribution in [0.25, 0.3) is 0 Å². The van der Waals surface area contributed by atoms with E-state index < -0.39 is 0 Å². The molecule has 0 aliphatic carbocycles. The maximum atomic E-state index is 12.2. The van der Waals surface area contributed by atoms with Crippen LogP contribution in [-0.4, -0.2) is 49.2 Å². The maximum Gasteiger partial charge on any atom is 0.251 e. The summed E-state index contributed by atoms with van der Waals surface area (Å²) in [6.07, 6.45) is 0. The molecule has 1 amide bonds. The average Bonchev–Trinajstić information content (AvgIpc) is 2.47. The normalized spacial score (nSPS) is 19.3. The summed E-state index contributed by atoms with van der Waals surface area (Å²) in [5, 5.41) is 3.04. The molecular formula is C15H23N3O2. The molecule has 1 aliphatic rings. The van der Waals surface area contributed by atoms with Crippen molar-refractivity contribution in [3.05, 3.63) is 29.8 Å². The predicted molar refractivity (Wildman–Crippen MR) is 79.6 cm³/mol. The number of nitrogens with two attached hydrogens (primary N) is 1. The van der Waals surface area contributed by atoms with Gasteiger partial charge in [0.05, 0.1) is 13.2 Å². The van der Waals surface area contributed by atoms with Gasteiger partial charge in [-0.05, 0) is 32.0 Å². The Hall–Kier alpha value is -1.59. The molecule has 1 heterocycles. The van der Waals surface area contributed by atoms with E-state index in [0.29, 0.717) is 11.3 Å². The molecule has 2 atom stereocenters. The molecule has 1 saturated heterocycles. The van der Waals surface area contributed by atoms with Crippen molar-refractivity contribution in [3.63, 3.8) is 0 Å². The van der Waals surface area contributed by atoms with Gasteiger partial charge in [-0.1, -0.05) is 6.07 Å². The molecule has 1 aliphatic heterocycles. The SMILES string of the molecule is CC(NC(=O)c1cccc(N)c1)C(C)N1CCOCC1. The maximum absolute atomic E-state index is 12.2. The van der Waals surface area contributed by atoms with Crippen molar-refractivity contribution in [2.24, 2.45) is 0 Å². The second-order valence-electron chi connectivity index (χ2n) is 5.28. The summed E-state index contributed by atoms with van der Waals surface area (Å²) in [5.41, 5.74) is 6.91. The first-order valence-corrected chi connectivity index (χ1v) is 7.06. The van der Waals surface area contributed by atoms with Crippen molar-refractivity contribution in [1.29, 1.82) is 0 Å². The number of rotatable bonds is 4. The van der Waals surface area contributed by atoms with E-state index in [1.165, 1.54) is 0 Å². The van der Waals surface area contributed by atoms with Crippen LogP contribution in [-0.2, 0) is 4.74 Å². The van der Waals surface area contributed by atoms with Crippen molar-refractivity contribution >= 4 is 11.6 Å². The lowest BCUT2D eigenvalue weighted by molar-refractivity contribution is 0.0137. The van der Waals surface area contributed by atoms with Gasteiger partial charge < -0.3 is 15.8 Å². The minimum absolute atomic E-state index is 0.0713. The first-order valence-electron chi connectivity index (χ1n) is 7.06. The van der Waals surface area contributed by atoms with Crippen molar-refractivity contribution < 1.29 is 9.53 Å². The molecule has 20 heavy (non-hydrogen) atoms. The zero-order valence-electron chi connectivity index (χ0n) is 12.1. The Morgan fingerprint density at radius 1 is 1.35 bits per heavy atom. The van der Waals surface area contributed by atoms with E-state index in [0.717, 1.165) is 26.3 Å². The van der Waals surface area contributed by atoms with Crippen LogP contribution in [0.4, 0.5) is 5.69 Å². The molecule has 0 spiro atoms. The van der Waals surface area contributed by atoms with Crippen LogP contribution in [0, 0.1) is 0 Å². The molecule has 1 aromatic carbocycles. The number of nitrogen functional groups attached to an aromatic ring is 1. The molecule has 110 valence electrons. The number of amides is 1. The van der Waals surface area contributed by atoms with Crippen LogP contribution in [0.5, 0.6) is 0 Å². The summed E-state index contributed by atoms with van der Waals surface area (Å²) in [6.45, 7) is 7.53. The molecule has 0 bridgehead atoms. The van der Waals surface area contributed by atoms with Crippen LogP contribution < -0.4 is 11.1 Å². The number of hydrogen-bond donors (Lipinski definition) is 2. The van der Waals surface area contributed by atoms with Gasteiger partial charge in [-0.3, -0.25) is 9.69 Å². The molecule has 0 radical (unpaired) electrons. The van der Waals surface area contributed by atoms with Crippen LogP contribution in [0.15, 0.2) is 24.3 Å². The van der Waals surface area contributed by atoms with Crippen LogP contribution >= 0.6 is 0 Å². The number of morpholine rings is 1. The Morgan fingerprint density at radius 3 is 2.70 bits per heavy atom. The average molecular weight is 277 g/mol. The lowest BCUT2D eigenvalue weighted by atomic mass is 10.1. The van der Waals surface area contributed by atoms with Gasteiger partial charge in [-0.2, -0.15) is 0 Å². The van der Waals surface area contributed by atoms with Gasteiger partial charge in [0.25, 0.3) is 5.91 Å². The third-order valence-electron chi connectivity index (χ3n) is 3.85. The second kappa shape index (κ2) is 6.72. The first kappa shape index (κ1) is 14.8. The highest BCUT2D eigenvalue weighted by atomic mass is 16.5. The number of benzene rings is 1. The largest absolute Gasteiger partial charge is 0.399 e. The summed E-state index contributed by atoms with van der Waals surface area (Å²) < 4.78 is 5.35. The fourth-order valence-electron chi connectivity index (χ4n) is 2.39. The quantitative estimate of drug-likeness (QED) is 0.809. The number of nitrogens with one attached hydrogen (secondary N) is 1. The minimum Gasteiger partial charge on any atom is -0.399 e. The Bertz CT molecular complexity index is 458. The van der Waals surface area contributed by atoms with E-state index in [4.69, 9.17) is 10.5 Å². The Morgan fingerprint density at radius 2 is 2.05 bits per heavy atom. The number of ether oxygens (including phenoxy) is 1. The predicted octanol–water partition coefficient (Wildman–Crippen LogP) is 1.11. The third kappa shape index (κ3) is 3.71. The van der Waals surface area contributed by atoms with Crippen LogP contribution in [0.1, 0.15) is 24.2 Å². The summed E-state index contributed by atoms with van der Waals surface area (Å²) in [5.74, 6) is -0.0788. The van der Waals surface area contributed by atoms with E-state index in [9.17, 15) is 4.79 Å². The topological polar surface area (TPSA) is 67.6 Å². The van der Waals surface area contributed by atoms with Gasteiger partial charge in [0.1, 0.15) is 0 Å². The standard InChI is InChI=1S/C15H23N3O2/c1-11(12(2)18-6-8-20-9-7-18)17-15(19)13-4-3-5-14(16)10-13/h3-5,10-12H,6-9,16H2,1-2H3,(H,17,19). The Kier molecular flexibility index (Phi) is 4.98. The molecule has 0 aromatic heterocycles. The summed E-state index contributed by atoms with van der Waals surface area (Å²) >= 11 is 0. The van der Waals surface area contributed by atoms with Crippen LogP contribution in [0.3, 0.4) is 0 Å². The van der Waals surface area contributed by atoms with Crippen molar-refractivity contribution in [2.75, 3.05) is 32.0 Å². The zero-order chi connectivity index (χ0) is 14.5. The fraction of sp³-hybridized carbons (Fsp3) is 0.533. The van der Waals surface area contributed by atoms with Gasteiger partial charge in [0.2, 0.25) is 0 Å². The smallest absolute Gasteiger partial charge is 0.251 e. The van der Waals surface area contributed by atoms with E-state index in [1.807, 2.05) is 6.92 Å². The molecule has 5 heteroatoms. The van der Waals surface area contributed by atoms with Crippen LogP contribution in [0.2, 0.25) is 0 Å².